The van der Waals surface area contributed by atoms with Gasteiger partial charge in [0.25, 0.3) is 0 Å². The van der Waals surface area contributed by atoms with Gasteiger partial charge in [0.1, 0.15) is 5.82 Å². The van der Waals surface area contributed by atoms with E-state index in [2.05, 4.69) is 43.2 Å². The maximum atomic E-state index is 4.29. The van der Waals surface area contributed by atoms with Crippen LogP contribution in [-0.4, -0.2) is 17.0 Å². The third-order valence-corrected chi connectivity index (χ3v) is 2.96. The lowest BCUT2D eigenvalue weighted by atomic mass is 10.3. The molecule has 0 atom stereocenters. The maximum absolute atomic E-state index is 4.29. The summed E-state index contributed by atoms with van der Waals surface area (Å²) in [7, 11) is 1.80. The first kappa shape index (κ1) is 11.1. The molecule has 0 aliphatic heterocycles. The number of nitrogens with zero attached hydrogens (tertiary/aromatic N) is 2. The van der Waals surface area contributed by atoms with Crippen molar-refractivity contribution in [3.8, 4) is 0 Å². The fourth-order valence-corrected chi connectivity index (χ4v) is 1.77. The summed E-state index contributed by atoms with van der Waals surface area (Å²) in [6.07, 6.45) is 1.72. The van der Waals surface area contributed by atoms with Gasteiger partial charge < -0.3 is 10.6 Å². The Hall–Kier alpha value is -1.37. The zero-order valence-electron chi connectivity index (χ0n) is 8.74. The maximum Gasteiger partial charge on any atom is 0.224 e. The van der Waals surface area contributed by atoms with E-state index in [-0.39, 0.29) is 0 Å². The minimum absolute atomic E-state index is 0.607. The molecule has 16 heavy (non-hydrogen) atoms. The largest absolute Gasteiger partial charge is 0.357 e. The predicted octanol–water partition coefficient (Wildman–Crippen LogP) is 2.87. The number of aromatic nitrogens is 2. The number of benzene rings is 1. The van der Waals surface area contributed by atoms with Crippen molar-refractivity contribution in [2.75, 3.05) is 17.7 Å². The first-order valence-electron chi connectivity index (χ1n) is 4.82. The van der Waals surface area contributed by atoms with Gasteiger partial charge in [0.2, 0.25) is 5.95 Å². The van der Waals surface area contributed by atoms with Crippen molar-refractivity contribution >= 4 is 40.0 Å². The van der Waals surface area contributed by atoms with E-state index in [1.165, 1.54) is 0 Å². The monoisotopic (exact) mass is 326 g/mol. The molecule has 0 bridgehead atoms. The SMILES string of the molecule is CNc1nccc(Nc2ccccc2I)n1. The molecule has 0 aliphatic rings. The van der Waals surface area contributed by atoms with Crippen LogP contribution in [0.1, 0.15) is 0 Å². The van der Waals surface area contributed by atoms with Gasteiger partial charge in [0.15, 0.2) is 0 Å². The van der Waals surface area contributed by atoms with Gasteiger partial charge in [-0.15, -0.1) is 0 Å². The highest BCUT2D eigenvalue weighted by Crippen LogP contribution is 2.20. The van der Waals surface area contributed by atoms with E-state index in [0.717, 1.165) is 15.1 Å². The molecule has 1 heterocycles. The fourth-order valence-electron chi connectivity index (χ4n) is 1.25. The van der Waals surface area contributed by atoms with Crippen molar-refractivity contribution in [1.29, 1.82) is 0 Å². The standard InChI is InChI=1S/C11H11IN4/c1-13-11-14-7-6-10(16-11)15-9-5-3-2-4-8(9)12/h2-7H,1H3,(H2,13,14,15,16). The van der Waals surface area contributed by atoms with E-state index in [1.807, 2.05) is 30.3 Å². The second kappa shape index (κ2) is 5.11. The third-order valence-electron chi connectivity index (χ3n) is 2.02. The molecule has 0 amide bonds. The van der Waals surface area contributed by atoms with Gasteiger partial charge in [-0.25, -0.2) is 4.98 Å². The smallest absolute Gasteiger partial charge is 0.224 e. The van der Waals surface area contributed by atoms with E-state index >= 15 is 0 Å². The Balaban J connectivity index is 2.24. The van der Waals surface area contributed by atoms with Crippen LogP contribution in [-0.2, 0) is 0 Å². The Morgan fingerprint density at radius 1 is 1.19 bits per heavy atom. The Morgan fingerprint density at radius 3 is 2.75 bits per heavy atom. The molecule has 4 nitrogen and oxygen atoms in total. The highest BCUT2D eigenvalue weighted by atomic mass is 127. The lowest BCUT2D eigenvalue weighted by molar-refractivity contribution is 1.15. The summed E-state index contributed by atoms with van der Waals surface area (Å²) in [5, 5.41) is 6.15. The molecule has 0 unspecified atom stereocenters. The van der Waals surface area contributed by atoms with Crippen molar-refractivity contribution in [2.24, 2.45) is 0 Å². The molecule has 2 N–H and O–H groups in total. The van der Waals surface area contributed by atoms with Gasteiger partial charge in [-0.2, -0.15) is 4.98 Å². The van der Waals surface area contributed by atoms with Crippen LogP contribution in [0.3, 0.4) is 0 Å². The Labute approximate surface area is 108 Å². The second-order valence-electron chi connectivity index (χ2n) is 3.12. The Kier molecular flexibility index (Phi) is 3.55. The van der Waals surface area contributed by atoms with E-state index in [0.29, 0.717) is 5.95 Å². The van der Waals surface area contributed by atoms with Crippen molar-refractivity contribution in [3.05, 3.63) is 40.1 Å². The molecule has 2 rings (SSSR count). The zero-order chi connectivity index (χ0) is 11.4. The predicted molar refractivity (Wildman–Crippen MR) is 74.0 cm³/mol. The highest BCUT2D eigenvalue weighted by molar-refractivity contribution is 14.1. The molecule has 82 valence electrons. The third kappa shape index (κ3) is 2.60. The number of rotatable bonds is 3. The summed E-state index contributed by atoms with van der Waals surface area (Å²) in [5.74, 6) is 1.39. The summed E-state index contributed by atoms with van der Waals surface area (Å²) < 4.78 is 1.16. The molecule has 0 saturated heterocycles. The number of hydrogen-bond acceptors (Lipinski definition) is 4. The molecule has 0 saturated carbocycles. The summed E-state index contributed by atoms with van der Waals surface area (Å²) in [6, 6.07) is 9.90. The lowest BCUT2D eigenvalue weighted by Gasteiger charge is -2.08. The molecular formula is C11H11IN4. The van der Waals surface area contributed by atoms with Crippen LogP contribution < -0.4 is 10.6 Å². The van der Waals surface area contributed by atoms with E-state index in [9.17, 15) is 0 Å². The van der Waals surface area contributed by atoms with Crippen molar-refractivity contribution in [2.45, 2.75) is 0 Å². The topological polar surface area (TPSA) is 49.8 Å². The normalized spacial score (nSPS) is 9.88. The van der Waals surface area contributed by atoms with Gasteiger partial charge in [-0.3, -0.25) is 0 Å². The fraction of sp³-hybridized carbons (Fsp3) is 0.0909. The number of halogens is 1. The summed E-state index contributed by atoms with van der Waals surface area (Å²) in [5.41, 5.74) is 1.05. The van der Waals surface area contributed by atoms with E-state index in [1.54, 1.807) is 13.2 Å². The molecule has 1 aromatic carbocycles. The van der Waals surface area contributed by atoms with Gasteiger partial charge in [-0.05, 0) is 40.8 Å². The molecule has 0 spiro atoms. The Bertz CT molecular complexity index is 487. The summed E-state index contributed by atoms with van der Waals surface area (Å²) in [4.78, 5) is 8.35. The van der Waals surface area contributed by atoms with Crippen LogP contribution in [0.5, 0.6) is 0 Å². The second-order valence-corrected chi connectivity index (χ2v) is 4.28. The van der Waals surface area contributed by atoms with E-state index in [4.69, 9.17) is 0 Å². The van der Waals surface area contributed by atoms with Gasteiger partial charge >= 0.3 is 0 Å². The minimum Gasteiger partial charge on any atom is -0.357 e. The molecule has 1 aromatic heterocycles. The zero-order valence-corrected chi connectivity index (χ0v) is 10.9. The van der Waals surface area contributed by atoms with Crippen LogP contribution >= 0.6 is 22.6 Å². The quantitative estimate of drug-likeness (QED) is 0.852. The molecule has 0 aliphatic carbocycles. The van der Waals surface area contributed by atoms with Crippen LogP contribution in [0.25, 0.3) is 0 Å². The van der Waals surface area contributed by atoms with Crippen LogP contribution in [0.15, 0.2) is 36.5 Å². The highest BCUT2D eigenvalue weighted by Gasteiger charge is 2.00. The van der Waals surface area contributed by atoms with Gasteiger partial charge in [0, 0.05) is 16.8 Å². The number of hydrogen-bond donors (Lipinski definition) is 2. The summed E-state index contributed by atoms with van der Waals surface area (Å²) in [6.45, 7) is 0. The van der Waals surface area contributed by atoms with Crippen LogP contribution in [0, 0.1) is 3.57 Å². The number of para-hydroxylation sites is 1. The van der Waals surface area contributed by atoms with Crippen LogP contribution in [0.4, 0.5) is 17.5 Å². The van der Waals surface area contributed by atoms with E-state index < -0.39 is 0 Å². The average Bonchev–Trinajstić information content (AvgIpc) is 2.32. The van der Waals surface area contributed by atoms with Crippen LogP contribution in [0.2, 0.25) is 0 Å². The summed E-state index contributed by atoms with van der Waals surface area (Å²) >= 11 is 2.28. The molecule has 2 aromatic rings. The molecule has 0 radical (unpaired) electrons. The molecule has 5 heteroatoms. The first-order chi connectivity index (χ1) is 7.79. The van der Waals surface area contributed by atoms with Crippen molar-refractivity contribution in [3.63, 3.8) is 0 Å². The average molecular weight is 326 g/mol. The van der Waals surface area contributed by atoms with Crippen molar-refractivity contribution < 1.29 is 0 Å². The van der Waals surface area contributed by atoms with Gasteiger partial charge in [0.05, 0.1) is 5.69 Å². The Morgan fingerprint density at radius 2 is 2.00 bits per heavy atom. The number of nitrogens with one attached hydrogen (secondary N) is 2. The first-order valence-corrected chi connectivity index (χ1v) is 5.90. The lowest BCUT2D eigenvalue weighted by Crippen LogP contribution is -2.00. The minimum atomic E-state index is 0.607. The van der Waals surface area contributed by atoms with Crippen molar-refractivity contribution in [1.82, 2.24) is 9.97 Å². The molecular weight excluding hydrogens is 315 g/mol. The van der Waals surface area contributed by atoms with Gasteiger partial charge in [-0.1, -0.05) is 12.1 Å². The number of anilines is 3. The molecule has 0 fully saturated rings.